The molecule has 150 valence electrons. The fraction of sp³-hybridized carbons (Fsp3) is 0.444. The lowest BCUT2D eigenvalue weighted by Crippen LogP contribution is -2.27. The Bertz CT molecular complexity index is 973. The molecule has 0 spiro atoms. The van der Waals surface area contributed by atoms with Gasteiger partial charge in [-0.25, -0.2) is 9.67 Å². The summed E-state index contributed by atoms with van der Waals surface area (Å²) < 4.78 is 7.24. The zero-order valence-corrected chi connectivity index (χ0v) is 17.6. The highest BCUT2D eigenvalue weighted by Crippen LogP contribution is 2.30. The number of hydrogen-bond acceptors (Lipinski definition) is 7. The molecule has 1 aliphatic heterocycles. The van der Waals surface area contributed by atoms with Crippen molar-refractivity contribution in [2.45, 2.75) is 32.6 Å². The molecule has 0 bridgehead atoms. The van der Waals surface area contributed by atoms with Gasteiger partial charge in [-0.1, -0.05) is 0 Å². The highest BCUT2D eigenvalue weighted by Gasteiger charge is 2.23. The van der Waals surface area contributed by atoms with E-state index in [0.29, 0.717) is 33.2 Å². The number of anilines is 1. The minimum atomic E-state index is -0.230. The number of nitrogens with one attached hydrogen (secondary N) is 2. The lowest BCUT2D eigenvalue weighted by molar-refractivity contribution is 0.102. The van der Waals surface area contributed by atoms with Crippen molar-refractivity contribution in [1.29, 1.82) is 0 Å². The Morgan fingerprint density at radius 1 is 1.29 bits per heavy atom. The molecular weight excluding hydrogens is 400 g/mol. The molecule has 0 unspecified atom stereocenters. The van der Waals surface area contributed by atoms with Crippen molar-refractivity contribution in [1.82, 2.24) is 25.1 Å². The monoisotopic (exact) mass is 422 g/mol. The third-order valence-corrected chi connectivity index (χ3v) is 5.83. The van der Waals surface area contributed by atoms with Gasteiger partial charge in [0.2, 0.25) is 5.95 Å². The van der Waals surface area contributed by atoms with E-state index in [9.17, 15) is 4.79 Å². The molecule has 3 aromatic heterocycles. The molecule has 1 aliphatic rings. The van der Waals surface area contributed by atoms with Crippen LogP contribution in [-0.2, 0) is 7.05 Å². The standard InChI is InChI=1S/C18H22N6O2S.ClH/c1-10-4-5-13(26-10)17-20-11(2)14(27-17)16(25)22-18-21-15(23-24(18)3)12-6-8-19-9-7-12;/h4-5,12,19H,6-9H2,1-3H3,(H,21,22,23,25);1H. The molecule has 0 aliphatic carbocycles. The van der Waals surface area contributed by atoms with Gasteiger partial charge in [-0.3, -0.25) is 10.1 Å². The summed E-state index contributed by atoms with van der Waals surface area (Å²) in [4.78, 5) is 22.3. The van der Waals surface area contributed by atoms with Crippen LogP contribution in [0.15, 0.2) is 16.5 Å². The van der Waals surface area contributed by atoms with Crippen LogP contribution in [0.4, 0.5) is 5.95 Å². The summed E-state index contributed by atoms with van der Waals surface area (Å²) in [5.74, 6) is 2.84. The first kappa shape index (κ1) is 20.5. The van der Waals surface area contributed by atoms with Crippen molar-refractivity contribution < 1.29 is 9.21 Å². The van der Waals surface area contributed by atoms with Crippen LogP contribution in [0.2, 0.25) is 0 Å². The summed E-state index contributed by atoms with van der Waals surface area (Å²) in [6.07, 6.45) is 2.02. The van der Waals surface area contributed by atoms with Crippen LogP contribution in [0.1, 0.15) is 45.7 Å². The van der Waals surface area contributed by atoms with E-state index in [2.05, 4.69) is 25.7 Å². The Kier molecular flexibility index (Phi) is 6.17. The van der Waals surface area contributed by atoms with Crippen molar-refractivity contribution in [2.24, 2.45) is 7.05 Å². The number of carbonyl (C=O) groups excluding carboxylic acids is 1. The molecule has 3 aromatic rings. The molecule has 4 rings (SSSR count). The third-order valence-electron chi connectivity index (χ3n) is 4.66. The number of furan rings is 1. The normalized spacial score (nSPS) is 14.7. The van der Waals surface area contributed by atoms with Crippen LogP contribution in [0.3, 0.4) is 0 Å². The highest BCUT2D eigenvalue weighted by atomic mass is 35.5. The number of hydrogen-bond donors (Lipinski definition) is 2. The minimum Gasteiger partial charge on any atom is -0.459 e. The van der Waals surface area contributed by atoms with Gasteiger partial charge >= 0.3 is 0 Å². The maximum Gasteiger partial charge on any atom is 0.270 e. The van der Waals surface area contributed by atoms with Gasteiger partial charge in [0.15, 0.2) is 16.6 Å². The first-order valence-electron chi connectivity index (χ1n) is 8.98. The quantitative estimate of drug-likeness (QED) is 0.669. The van der Waals surface area contributed by atoms with E-state index in [1.807, 2.05) is 26.0 Å². The number of rotatable bonds is 4. The van der Waals surface area contributed by atoms with Crippen LogP contribution >= 0.6 is 23.7 Å². The molecule has 28 heavy (non-hydrogen) atoms. The second kappa shape index (κ2) is 8.42. The van der Waals surface area contributed by atoms with E-state index >= 15 is 0 Å². The summed E-state index contributed by atoms with van der Waals surface area (Å²) >= 11 is 1.31. The largest absolute Gasteiger partial charge is 0.459 e. The number of carbonyl (C=O) groups is 1. The fourth-order valence-corrected chi connectivity index (χ4v) is 4.11. The SMILES string of the molecule is Cc1ccc(-c2nc(C)c(C(=O)Nc3nc(C4CCNCC4)nn3C)s2)o1.Cl. The topological polar surface area (TPSA) is 97.9 Å². The van der Waals surface area contributed by atoms with E-state index in [-0.39, 0.29) is 18.3 Å². The van der Waals surface area contributed by atoms with Crippen LogP contribution in [-0.4, -0.2) is 38.7 Å². The van der Waals surface area contributed by atoms with E-state index < -0.39 is 0 Å². The van der Waals surface area contributed by atoms with Gasteiger partial charge in [0.1, 0.15) is 10.6 Å². The molecule has 0 radical (unpaired) electrons. The van der Waals surface area contributed by atoms with Gasteiger partial charge in [0.25, 0.3) is 5.91 Å². The summed E-state index contributed by atoms with van der Waals surface area (Å²) in [5, 5.41) is 11.4. The van der Waals surface area contributed by atoms with Gasteiger partial charge in [0, 0.05) is 13.0 Å². The Balaban J connectivity index is 0.00000225. The molecule has 1 saturated heterocycles. The lowest BCUT2D eigenvalue weighted by atomic mass is 9.98. The number of aromatic nitrogens is 4. The molecule has 0 saturated carbocycles. The predicted molar refractivity (Wildman–Crippen MR) is 110 cm³/mol. The number of halogens is 1. The number of thiazole rings is 1. The van der Waals surface area contributed by atoms with Crippen molar-refractivity contribution in [3.8, 4) is 10.8 Å². The number of nitrogens with zero attached hydrogens (tertiary/aromatic N) is 4. The van der Waals surface area contributed by atoms with Crippen LogP contribution in [0.25, 0.3) is 10.8 Å². The number of aryl methyl sites for hydroxylation is 3. The molecule has 8 nitrogen and oxygen atoms in total. The zero-order valence-electron chi connectivity index (χ0n) is 16.0. The van der Waals surface area contributed by atoms with Crippen LogP contribution in [0, 0.1) is 13.8 Å². The van der Waals surface area contributed by atoms with E-state index in [0.717, 1.165) is 37.5 Å². The summed E-state index contributed by atoms with van der Waals surface area (Å²) in [6, 6.07) is 3.75. The van der Waals surface area contributed by atoms with Crippen molar-refractivity contribution in [3.05, 3.63) is 34.3 Å². The second-order valence-electron chi connectivity index (χ2n) is 6.74. The van der Waals surface area contributed by atoms with Gasteiger partial charge in [-0.2, -0.15) is 10.1 Å². The maximum absolute atomic E-state index is 12.8. The molecule has 4 heterocycles. The average Bonchev–Trinajstić information content (AvgIpc) is 3.35. The molecule has 0 atom stereocenters. The molecule has 0 aromatic carbocycles. The predicted octanol–water partition coefficient (Wildman–Crippen LogP) is 3.29. The third kappa shape index (κ3) is 4.11. The molecule has 2 N–H and O–H groups in total. The number of piperidine rings is 1. The van der Waals surface area contributed by atoms with Gasteiger partial charge in [-0.15, -0.1) is 23.7 Å². The maximum atomic E-state index is 12.8. The van der Waals surface area contributed by atoms with Crippen LogP contribution < -0.4 is 10.6 Å². The van der Waals surface area contributed by atoms with E-state index in [4.69, 9.17) is 4.42 Å². The van der Waals surface area contributed by atoms with Crippen molar-refractivity contribution >= 4 is 35.6 Å². The van der Waals surface area contributed by atoms with E-state index in [1.165, 1.54) is 11.3 Å². The smallest absolute Gasteiger partial charge is 0.270 e. The Hall–Kier alpha value is -2.23. The fourth-order valence-electron chi connectivity index (χ4n) is 3.19. The Morgan fingerprint density at radius 2 is 2.04 bits per heavy atom. The second-order valence-corrected chi connectivity index (χ2v) is 7.74. The first-order chi connectivity index (χ1) is 13.0. The highest BCUT2D eigenvalue weighted by molar-refractivity contribution is 7.17. The average molecular weight is 423 g/mol. The molecular formula is C18H23ClN6O2S. The van der Waals surface area contributed by atoms with Gasteiger partial charge in [-0.05, 0) is 51.9 Å². The van der Waals surface area contributed by atoms with Crippen LogP contribution in [0.5, 0.6) is 0 Å². The van der Waals surface area contributed by atoms with Crippen molar-refractivity contribution in [2.75, 3.05) is 18.4 Å². The molecule has 1 amide bonds. The summed E-state index contributed by atoms with van der Waals surface area (Å²) in [6.45, 7) is 5.65. The van der Waals surface area contributed by atoms with Crippen molar-refractivity contribution in [3.63, 3.8) is 0 Å². The molecule has 1 fully saturated rings. The van der Waals surface area contributed by atoms with Gasteiger partial charge in [0.05, 0.1) is 5.69 Å². The lowest BCUT2D eigenvalue weighted by Gasteiger charge is -2.19. The Morgan fingerprint density at radius 3 is 2.71 bits per heavy atom. The summed E-state index contributed by atoms with van der Waals surface area (Å²) in [7, 11) is 1.80. The molecule has 10 heteroatoms. The summed E-state index contributed by atoms with van der Waals surface area (Å²) in [5.41, 5.74) is 0.669. The zero-order chi connectivity index (χ0) is 19.0. The minimum absolute atomic E-state index is 0. The van der Waals surface area contributed by atoms with Gasteiger partial charge < -0.3 is 9.73 Å². The Labute approximate surface area is 173 Å². The number of amides is 1. The first-order valence-corrected chi connectivity index (χ1v) is 9.80. The van der Waals surface area contributed by atoms with E-state index in [1.54, 1.807) is 11.7 Å².